The van der Waals surface area contributed by atoms with Crippen LogP contribution in [0.2, 0.25) is 0 Å². The van der Waals surface area contributed by atoms with Crippen LogP contribution in [-0.4, -0.2) is 34.7 Å². The lowest BCUT2D eigenvalue weighted by Gasteiger charge is -2.13. The maximum Gasteiger partial charge on any atom is 0.321 e. The summed E-state index contributed by atoms with van der Waals surface area (Å²) in [6, 6.07) is 0. The number of hydrogen-bond acceptors (Lipinski definition) is 4. The van der Waals surface area contributed by atoms with Gasteiger partial charge in [-0.3, -0.25) is 14.4 Å². The fourth-order valence-corrected chi connectivity index (χ4v) is 0.673. The first-order chi connectivity index (χ1) is 5.50. The van der Waals surface area contributed by atoms with Crippen LogP contribution < -0.4 is 0 Å². The summed E-state index contributed by atoms with van der Waals surface area (Å²) >= 11 is 0. The van der Waals surface area contributed by atoms with E-state index >= 15 is 0 Å². The van der Waals surface area contributed by atoms with E-state index in [9.17, 15) is 14.4 Å². The van der Waals surface area contributed by atoms with E-state index in [1.165, 1.54) is 6.92 Å². The van der Waals surface area contributed by atoms with Gasteiger partial charge < -0.3 is 14.9 Å². The van der Waals surface area contributed by atoms with E-state index in [0.29, 0.717) is 0 Å². The monoisotopic (exact) mass is 176 g/mol. The molecule has 68 valence electrons. The highest BCUT2D eigenvalue weighted by Gasteiger charge is 2.33. The van der Waals surface area contributed by atoms with Crippen LogP contribution in [0.4, 0.5) is 0 Å². The maximum atomic E-state index is 10.3. The van der Waals surface area contributed by atoms with Gasteiger partial charge in [0.05, 0.1) is 0 Å². The second-order valence-corrected chi connectivity index (χ2v) is 2.09. The Kier molecular flexibility index (Phi) is 3.75. The molecular formula is C6H8O6. The van der Waals surface area contributed by atoms with Crippen LogP contribution in [-0.2, 0) is 19.1 Å². The first-order valence-corrected chi connectivity index (χ1v) is 3.05. The van der Waals surface area contributed by atoms with E-state index in [-0.39, 0.29) is 6.47 Å². The van der Waals surface area contributed by atoms with E-state index < -0.39 is 24.0 Å². The van der Waals surface area contributed by atoms with Gasteiger partial charge in [-0.15, -0.1) is 0 Å². The number of hydrogen-bond donors (Lipinski definition) is 2. The Labute approximate surface area is 67.8 Å². The molecule has 0 aliphatic carbocycles. The minimum absolute atomic E-state index is 0.0174. The first-order valence-electron chi connectivity index (χ1n) is 3.05. The summed E-state index contributed by atoms with van der Waals surface area (Å²) in [4.78, 5) is 30.3. The normalized spacial score (nSPS) is 12.2. The summed E-state index contributed by atoms with van der Waals surface area (Å²) in [6.45, 7) is 1.21. The van der Waals surface area contributed by atoms with E-state index in [1.807, 2.05) is 0 Å². The van der Waals surface area contributed by atoms with E-state index in [0.717, 1.165) is 0 Å². The Morgan fingerprint density at radius 3 is 2.00 bits per heavy atom. The Balaban J connectivity index is 4.39. The fourth-order valence-electron chi connectivity index (χ4n) is 0.673. The van der Waals surface area contributed by atoms with Crippen molar-refractivity contribution in [3.63, 3.8) is 0 Å². The van der Waals surface area contributed by atoms with Crippen LogP contribution in [0.3, 0.4) is 0 Å². The van der Waals surface area contributed by atoms with Crippen molar-refractivity contribution in [1.82, 2.24) is 0 Å². The highest BCUT2D eigenvalue weighted by Crippen LogP contribution is 2.07. The van der Waals surface area contributed by atoms with Crippen molar-refractivity contribution in [2.75, 3.05) is 0 Å². The number of carbonyl (C=O) groups excluding carboxylic acids is 1. The zero-order valence-corrected chi connectivity index (χ0v) is 6.26. The predicted molar refractivity (Wildman–Crippen MR) is 35.4 cm³/mol. The number of carboxylic acids is 2. The molecule has 0 radical (unpaired) electrons. The molecule has 12 heavy (non-hydrogen) atoms. The maximum absolute atomic E-state index is 10.3. The molecule has 0 heterocycles. The van der Waals surface area contributed by atoms with Crippen LogP contribution in [0.5, 0.6) is 0 Å². The summed E-state index contributed by atoms with van der Waals surface area (Å²) in [5.41, 5.74) is 0. The van der Waals surface area contributed by atoms with Crippen LogP contribution in [0.25, 0.3) is 0 Å². The zero-order valence-electron chi connectivity index (χ0n) is 6.26. The summed E-state index contributed by atoms with van der Waals surface area (Å²) in [5, 5.41) is 16.7. The third kappa shape index (κ3) is 2.57. The quantitative estimate of drug-likeness (QED) is 0.425. The smallest absolute Gasteiger partial charge is 0.321 e. The van der Waals surface area contributed by atoms with E-state index in [1.54, 1.807) is 0 Å². The summed E-state index contributed by atoms with van der Waals surface area (Å²) in [5.74, 6) is -4.77. The molecule has 0 amide bonds. The topological polar surface area (TPSA) is 101 Å². The molecule has 0 aromatic heterocycles. The molecule has 0 saturated heterocycles. The van der Waals surface area contributed by atoms with Crippen LogP contribution >= 0.6 is 0 Å². The molecule has 1 atom stereocenters. The zero-order chi connectivity index (χ0) is 9.72. The van der Waals surface area contributed by atoms with Crippen LogP contribution in [0.15, 0.2) is 0 Å². The van der Waals surface area contributed by atoms with Crippen molar-refractivity contribution < 1.29 is 29.3 Å². The molecule has 6 heteroatoms. The van der Waals surface area contributed by atoms with Crippen molar-refractivity contribution >= 4 is 18.4 Å². The fraction of sp³-hybridized carbons (Fsp3) is 0.500. The third-order valence-electron chi connectivity index (χ3n) is 1.27. The lowest BCUT2D eigenvalue weighted by molar-refractivity contribution is -0.162. The summed E-state index contributed by atoms with van der Waals surface area (Å²) in [7, 11) is 0. The number of ether oxygens (including phenoxy) is 1. The van der Waals surface area contributed by atoms with Gasteiger partial charge in [-0.1, -0.05) is 0 Å². The average Bonchev–Trinajstić information content (AvgIpc) is 1.85. The Morgan fingerprint density at radius 2 is 1.75 bits per heavy atom. The van der Waals surface area contributed by atoms with Crippen molar-refractivity contribution in [2.24, 2.45) is 5.92 Å². The minimum atomic E-state index is -1.71. The molecule has 6 nitrogen and oxygen atoms in total. The molecule has 0 aromatic carbocycles. The van der Waals surface area contributed by atoms with E-state index in [4.69, 9.17) is 10.2 Å². The Bertz CT molecular complexity index is 184. The van der Waals surface area contributed by atoms with Gasteiger partial charge in [0.2, 0.25) is 0 Å². The number of carbonyl (C=O) groups is 3. The van der Waals surface area contributed by atoms with Gasteiger partial charge in [-0.2, -0.15) is 0 Å². The molecular weight excluding hydrogens is 168 g/mol. The molecule has 0 aliphatic rings. The van der Waals surface area contributed by atoms with Gasteiger partial charge in [-0.05, 0) is 6.92 Å². The van der Waals surface area contributed by atoms with Crippen molar-refractivity contribution in [1.29, 1.82) is 0 Å². The molecule has 1 unspecified atom stereocenters. The number of rotatable bonds is 5. The summed E-state index contributed by atoms with van der Waals surface area (Å²) < 4.78 is 4.18. The highest BCUT2D eigenvalue weighted by molar-refractivity contribution is 5.93. The Hall–Kier alpha value is -1.59. The largest absolute Gasteiger partial charge is 0.480 e. The van der Waals surface area contributed by atoms with Gasteiger partial charge in [0.15, 0.2) is 5.92 Å². The van der Waals surface area contributed by atoms with Gasteiger partial charge in [-0.25, -0.2) is 0 Å². The van der Waals surface area contributed by atoms with Gasteiger partial charge in [0.1, 0.15) is 6.10 Å². The highest BCUT2D eigenvalue weighted by atomic mass is 16.5. The third-order valence-corrected chi connectivity index (χ3v) is 1.27. The lowest BCUT2D eigenvalue weighted by atomic mass is 10.1. The van der Waals surface area contributed by atoms with Gasteiger partial charge >= 0.3 is 11.9 Å². The van der Waals surface area contributed by atoms with Gasteiger partial charge in [0.25, 0.3) is 6.47 Å². The molecule has 0 spiro atoms. The molecule has 0 bridgehead atoms. The predicted octanol–water partition coefficient (Wildman–Crippen LogP) is -0.667. The Morgan fingerprint density at radius 1 is 1.33 bits per heavy atom. The minimum Gasteiger partial charge on any atom is -0.480 e. The molecule has 0 rings (SSSR count). The number of carboxylic acid groups (broad SMARTS) is 2. The van der Waals surface area contributed by atoms with Crippen molar-refractivity contribution in [3.8, 4) is 0 Å². The summed E-state index contributed by atoms with van der Waals surface area (Å²) in [6.07, 6.45) is -1.17. The van der Waals surface area contributed by atoms with Crippen molar-refractivity contribution in [2.45, 2.75) is 13.0 Å². The van der Waals surface area contributed by atoms with Crippen molar-refractivity contribution in [3.05, 3.63) is 0 Å². The standard InChI is InChI=1S/C6H8O6/c1-3(12-2-7)4(5(8)9)6(10)11/h2-4H,1H3,(H,8,9)(H,10,11). The molecule has 2 N–H and O–H groups in total. The second-order valence-electron chi connectivity index (χ2n) is 2.09. The van der Waals surface area contributed by atoms with Gasteiger partial charge in [0, 0.05) is 0 Å². The molecule has 0 aromatic rings. The SMILES string of the molecule is CC(OC=O)C(C(=O)O)C(=O)O. The van der Waals surface area contributed by atoms with Crippen LogP contribution in [0, 0.1) is 5.92 Å². The van der Waals surface area contributed by atoms with E-state index in [2.05, 4.69) is 4.74 Å². The molecule has 0 fully saturated rings. The van der Waals surface area contributed by atoms with Crippen LogP contribution in [0.1, 0.15) is 6.92 Å². The second kappa shape index (κ2) is 4.32. The average molecular weight is 176 g/mol. The first kappa shape index (κ1) is 10.4. The number of aliphatic carboxylic acids is 2. The molecule has 0 saturated carbocycles. The lowest BCUT2D eigenvalue weighted by Crippen LogP contribution is -2.34. The molecule has 0 aliphatic heterocycles.